The first-order chi connectivity index (χ1) is 9.53. The van der Waals surface area contributed by atoms with Crippen LogP contribution in [0.25, 0.3) is 0 Å². The second kappa shape index (κ2) is 10.4. The molecule has 0 saturated carbocycles. The molecule has 0 saturated heterocycles. The fraction of sp³-hybridized carbons (Fsp3) is 0.800. The zero-order chi connectivity index (χ0) is 15.5. The predicted molar refractivity (Wildman–Crippen MR) is 79.4 cm³/mol. The van der Waals surface area contributed by atoms with E-state index in [0.717, 1.165) is 25.7 Å². The molecular formula is C15H28N2O3. The molecule has 0 aromatic heterocycles. The zero-order valence-electron chi connectivity index (χ0n) is 13.2. The van der Waals surface area contributed by atoms with E-state index in [1.165, 1.54) is 11.8 Å². The molecule has 5 nitrogen and oxygen atoms in total. The molecule has 1 unspecified atom stereocenters. The first-order valence-electron chi connectivity index (χ1n) is 7.58. The Morgan fingerprint density at radius 2 is 1.60 bits per heavy atom. The number of amides is 3. The smallest absolute Gasteiger partial charge is 0.325 e. The Bertz CT molecular complexity index is 318. The van der Waals surface area contributed by atoms with Crippen LogP contribution in [-0.4, -0.2) is 47.7 Å². The van der Waals surface area contributed by atoms with Crippen molar-refractivity contribution in [2.75, 3.05) is 19.6 Å². The maximum Gasteiger partial charge on any atom is 0.326 e. The molecule has 0 heterocycles. The highest BCUT2D eigenvalue weighted by Crippen LogP contribution is 2.08. The Hall–Kier alpha value is -1.39. The lowest BCUT2D eigenvalue weighted by Crippen LogP contribution is -2.48. The van der Waals surface area contributed by atoms with Gasteiger partial charge in [-0.25, -0.2) is 4.79 Å². The SMILES string of the molecule is CCCCN(CC)C(=O)N(CCCC)C(=O)C(C)C=O. The molecule has 0 aromatic carbocycles. The third-order valence-electron chi connectivity index (χ3n) is 3.26. The molecule has 0 aromatic rings. The van der Waals surface area contributed by atoms with Gasteiger partial charge < -0.3 is 9.69 Å². The molecule has 0 rings (SSSR count). The molecule has 0 radical (unpaired) electrons. The minimum atomic E-state index is -0.763. The fourth-order valence-electron chi connectivity index (χ4n) is 1.83. The van der Waals surface area contributed by atoms with E-state index in [0.29, 0.717) is 25.9 Å². The highest BCUT2D eigenvalue weighted by molar-refractivity contribution is 6.01. The average molecular weight is 284 g/mol. The van der Waals surface area contributed by atoms with Crippen LogP contribution in [0.5, 0.6) is 0 Å². The number of hydrogen-bond acceptors (Lipinski definition) is 3. The summed E-state index contributed by atoms with van der Waals surface area (Å²) in [6.07, 6.45) is 4.16. The van der Waals surface area contributed by atoms with Gasteiger partial charge in [0.2, 0.25) is 5.91 Å². The standard InChI is InChI=1S/C15H28N2O3/c1-5-8-10-16(7-3)15(20)17(11-9-6-2)14(19)13(4)12-18/h12-13H,5-11H2,1-4H3. The summed E-state index contributed by atoms with van der Waals surface area (Å²) in [6, 6.07) is -0.270. The predicted octanol–water partition coefficient (Wildman–Crippen LogP) is 2.69. The summed E-state index contributed by atoms with van der Waals surface area (Å²) in [5.74, 6) is -1.16. The second-order valence-electron chi connectivity index (χ2n) is 4.98. The first kappa shape index (κ1) is 18.6. The van der Waals surface area contributed by atoms with Crippen molar-refractivity contribution in [1.29, 1.82) is 0 Å². The topological polar surface area (TPSA) is 57.7 Å². The van der Waals surface area contributed by atoms with Gasteiger partial charge in [-0.2, -0.15) is 0 Å². The van der Waals surface area contributed by atoms with Gasteiger partial charge in [-0.05, 0) is 26.7 Å². The van der Waals surface area contributed by atoms with Crippen molar-refractivity contribution in [3.05, 3.63) is 0 Å². The third-order valence-corrected chi connectivity index (χ3v) is 3.26. The molecule has 0 N–H and O–H groups in total. The van der Waals surface area contributed by atoms with Gasteiger partial charge in [0.25, 0.3) is 0 Å². The summed E-state index contributed by atoms with van der Waals surface area (Å²) in [7, 11) is 0. The van der Waals surface area contributed by atoms with Crippen LogP contribution in [0.15, 0.2) is 0 Å². The molecule has 5 heteroatoms. The maximum atomic E-state index is 12.5. The minimum Gasteiger partial charge on any atom is -0.325 e. The summed E-state index contributed by atoms with van der Waals surface area (Å²) >= 11 is 0. The van der Waals surface area contributed by atoms with E-state index in [9.17, 15) is 14.4 Å². The number of carbonyl (C=O) groups excluding carboxylic acids is 3. The molecule has 20 heavy (non-hydrogen) atoms. The average Bonchev–Trinajstić information content (AvgIpc) is 2.47. The number of aldehydes is 1. The Morgan fingerprint density at radius 3 is 2.05 bits per heavy atom. The van der Waals surface area contributed by atoms with Gasteiger partial charge in [-0.3, -0.25) is 9.69 Å². The van der Waals surface area contributed by atoms with Gasteiger partial charge in [0.05, 0.1) is 5.92 Å². The number of imide groups is 1. The molecule has 0 aliphatic heterocycles. The van der Waals surface area contributed by atoms with Crippen molar-refractivity contribution in [3.8, 4) is 0 Å². The molecule has 0 fully saturated rings. The lowest BCUT2D eigenvalue weighted by molar-refractivity contribution is -0.135. The maximum absolute atomic E-state index is 12.5. The van der Waals surface area contributed by atoms with Crippen molar-refractivity contribution in [2.24, 2.45) is 5.92 Å². The Kier molecular flexibility index (Phi) is 9.68. The summed E-state index contributed by atoms with van der Waals surface area (Å²) < 4.78 is 0. The molecule has 0 aliphatic carbocycles. The Labute approximate surface area is 122 Å². The highest BCUT2D eigenvalue weighted by atomic mass is 16.2. The van der Waals surface area contributed by atoms with E-state index in [-0.39, 0.29) is 6.03 Å². The summed E-state index contributed by atoms with van der Waals surface area (Å²) in [5, 5.41) is 0. The minimum absolute atomic E-state index is 0.270. The molecule has 1 atom stereocenters. The van der Waals surface area contributed by atoms with Crippen LogP contribution in [0.4, 0.5) is 4.79 Å². The summed E-state index contributed by atoms with van der Waals surface area (Å²) in [4.78, 5) is 38.3. The number of hydrogen-bond donors (Lipinski definition) is 0. The lowest BCUT2D eigenvalue weighted by atomic mass is 10.1. The van der Waals surface area contributed by atoms with E-state index in [2.05, 4.69) is 6.92 Å². The van der Waals surface area contributed by atoms with Crippen LogP contribution in [0.1, 0.15) is 53.4 Å². The van der Waals surface area contributed by atoms with Crippen molar-refractivity contribution in [3.63, 3.8) is 0 Å². The Balaban J connectivity index is 4.93. The van der Waals surface area contributed by atoms with Crippen molar-refractivity contribution in [1.82, 2.24) is 9.80 Å². The summed E-state index contributed by atoms with van der Waals surface area (Å²) in [6.45, 7) is 9.11. The van der Waals surface area contributed by atoms with Gasteiger partial charge in [0.1, 0.15) is 6.29 Å². The first-order valence-corrected chi connectivity index (χ1v) is 7.58. The van der Waals surface area contributed by atoms with Crippen LogP contribution in [0.3, 0.4) is 0 Å². The van der Waals surface area contributed by atoms with Gasteiger partial charge in [-0.15, -0.1) is 0 Å². The molecule has 3 amide bonds. The van der Waals surface area contributed by atoms with Gasteiger partial charge in [0, 0.05) is 19.6 Å². The molecule has 0 aliphatic rings. The van der Waals surface area contributed by atoms with Crippen LogP contribution >= 0.6 is 0 Å². The van der Waals surface area contributed by atoms with Crippen LogP contribution in [-0.2, 0) is 9.59 Å². The van der Waals surface area contributed by atoms with E-state index < -0.39 is 11.8 Å². The van der Waals surface area contributed by atoms with Crippen molar-refractivity contribution < 1.29 is 14.4 Å². The fourth-order valence-corrected chi connectivity index (χ4v) is 1.83. The van der Waals surface area contributed by atoms with Gasteiger partial charge in [-0.1, -0.05) is 26.7 Å². The van der Waals surface area contributed by atoms with Gasteiger partial charge in [0.15, 0.2) is 0 Å². The third kappa shape index (κ3) is 5.72. The van der Waals surface area contributed by atoms with Crippen molar-refractivity contribution >= 4 is 18.2 Å². The van der Waals surface area contributed by atoms with Crippen LogP contribution < -0.4 is 0 Å². The molecule has 0 bridgehead atoms. The molecule has 116 valence electrons. The Morgan fingerprint density at radius 1 is 1.05 bits per heavy atom. The lowest BCUT2D eigenvalue weighted by Gasteiger charge is -2.29. The number of nitrogens with zero attached hydrogens (tertiary/aromatic N) is 2. The van der Waals surface area contributed by atoms with E-state index in [4.69, 9.17) is 0 Å². The van der Waals surface area contributed by atoms with Crippen molar-refractivity contribution in [2.45, 2.75) is 53.4 Å². The number of urea groups is 1. The number of carbonyl (C=O) groups is 3. The van der Waals surface area contributed by atoms with Gasteiger partial charge >= 0.3 is 6.03 Å². The molecule has 0 spiro atoms. The molecular weight excluding hydrogens is 256 g/mol. The zero-order valence-corrected chi connectivity index (χ0v) is 13.2. The normalized spacial score (nSPS) is 11.8. The monoisotopic (exact) mass is 284 g/mol. The van der Waals surface area contributed by atoms with E-state index in [1.807, 2.05) is 13.8 Å². The second-order valence-corrected chi connectivity index (χ2v) is 4.98. The van der Waals surface area contributed by atoms with Crippen LogP contribution in [0.2, 0.25) is 0 Å². The highest BCUT2D eigenvalue weighted by Gasteiger charge is 2.28. The number of unbranched alkanes of at least 4 members (excludes halogenated alkanes) is 2. The van der Waals surface area contributed by atoms with E-state index >= 15 is 0 Å². The summed E-state index contributed by atoms with van der Waals surface area (Å²) in [5.41, 5.74) is 0. The quantitative estimate of drug-likeness (QED) is 0.483. The largest absolute Gasteiger partial charge is 0.326 e. The van der Waals surface area contributed by atoms with E-state index in [1.54, 1.807) is 4.90 Å². The van der Waals surface area contributed by atoms with Crippen LogP contribution in [0, 0.1) is 5.92 Å². The number of rotatable bonds is 9.